The number of carbonyl (C=O) groups is 2. The normalized spacial score (nSPS) is 22.0. The van der Waals surface area contributed by atoms with Crippen LogP contribution >= 0.6 is 11.8 Å². The standard InChI is InChI=1S/C23H20FN3O5S/c24-18-19(32-22(30)15-9-5-2-6-10-15)16(13-28)33-21(18)27-12-11-17(26-23(27)31)25-20(29)14-7-3-1-4-8-14/h1-12,16,18-19,21,28H,13H2,(H,25,26,29,31). The van der Waals surface area contributed by atoms with Crippen molar-refractivity contribution in [3.63, 3.8) is 0 Å². The second kappa shape index (κ2) is 9.97. The maximum absolute atomic E-state index is 15.3. The largest absolute Gasteiger partial charge is 0.454 e. The summed E-state index contributed by atoms with van der Waals surface area (Å²) in [7, 11) is 0. The molecule has 33 heavy (non-hydrogen) atoms. The van der Waals surface area contributed by atoms with Crippen LogP contribution in [0, 0.1) is 0 Å². The predicted molar refractivity (Wildman–Crippen MR) is 121 cm³/mol. The van der Waals surface area contributed by atoms with Crippen LogP contribution in [-0.4, -0.2) is 50.7 Å². The van der Waals surface area contributed by atoms with Gasteiger partial charge in [0, 0.05) is 11.8 Å². The van der Waals surface area contributed by atoms with Crippen molar-refractivity contribution in [1.82, 2.24) is 9.55 Å². The monoisotopic (exact) mass is 469 g/mol. The van der Waals surface area contributed by atoms with E-state index in [0.29, 0.717) is 5.56 Å². The fourth-order valence-corrected chi connectivity index (χ4v) is 4.83. The highest BCUT2D eigenvalue weighted by Gasteiger charge is 2.48. The van der Waals surface area contributed by atoms with Gasteiger partial charge in [0.05, 0.1) is 17.4 Å². The van der Waals surface area contributed by atoms with Crippen LogP contribution in [0.1, 0.15) is 26.1 Å². The number of aromatic nitrogens is 2. The minimum Gasteiger partial charge on any atom is -0.454 e. The molecule has 4 unspecified atom stereocenters. The SMILES string of the molecule is O=C(Nc1ccn(C2SC(CO)C(OC(=O)c3ccccc3)C2F)c(=O)n1)c1ccccc1. The summed E-state index contributed by atoms with van der Waals surface area (Å²) in [6, 6.07) is 17.9. The first kappa shape index (κ1) is 22.7. The van der Waals surface area contributed by atoms with E-state index in [1.807, 2.05) is 0 Å². The van der Waals surface area contributed by atoms with Crippen molar-refractivity contribution < 1.29 is 23.8 Å². The second-order valence-corrected chi connectivity index (χ2v) is 8.61. The molecule has 2 heterocycles. The van der Waals surface area contributed by atoms with Crippen LogP contribution in [0.4, 0.5) is 10.2 Å². The zero-order valence-corrected chi connectivity index (χ0v) is 18.0. The molecule has 1 aliphatic heterocycles. The van der Waals surface area contributed by atoms with Gasteiger partial charge in [-0.3, -0.25) is 9.36 Å². The Morgan fingerprint density at radius 3 is 2.30 bits per heavy atom. The Morgan fingerprint density at radius 2 is 1.70 bits per heavy atom. The van der Waals surface area contributed by atoms with E-state index in [9.17, 15) is 19.5 Å². The third kappa shape index (κ3) is 4.96. The van der Waals surface area contributed by atoms with Crippen LogP contribution in [0.15, 0.2) is 77.7 Å². The van der Waals surface area contributed by atoms with Crippen molar-refractivity contribution >= 4 is 29.5 Å². The van der Waals surface area contributed by atoms with Crippen LogP contribution in [0.5, 0.6) is 0 Å². The lowest BCUT2D eigenvalue weighted by Gasteiger charge is -2.20. The number of carbonyl (C=O) groups excluding carboxylic acids is 2. The van der Waals surface area contributed by atoms with Crippen LogP contribution in [-0.2, 0) is 4.74 Å². The van der Waals surface area contributed by atoms with Crippen LogP contribution < -0.4 is 11.0 Å². The number of hydrogen-bond acceptors (Lipinski definition) is 7. The molecular weight excluding hydrogens is 449 g/mol. The molecule has 170 valence electrons. The van der Waals surface area contributed by atoms with E-state index in [1.165, 1.54) is 12.3 Å². The number of nitrogens with one attached hydrogen (secondary N) is 1. The fourth-order valence-electron chi connectivity index (χ4n) is 3.43. The van der Waals surface area contributed by atoms with Crippen LogP contribution in [0.25, 0.3) is 0 Å². The van der Waals surface area contributed by atoms with Gasteiger partial charge in [-0.2, -0.15) is 4.98 Å². The molecule has 0 radical (unpaired) electrons. The summed E-state index contributed by atoms with van der Waals surface area (Å²) in [5.74, 6) is -1.13. The van der Waals surface area contributed by atoms with Crippen molar-refractivity contribution in [3.05, 3.63) is 94.5 Å². The molecule has 4 atom stereocenters. The molecule has 1 fully saturated rings. The molecule has 3 aromatic rings. The lowest BCUT2D eigenvalue weighted by atomic mass is 10.1. The Balaban J connectivity index is 1.49. The average Bonchev–Trinajstić information content (AvgIpc) is 3.15. The number of aliphatic hydroxyl groups is 1. The summed E-state index contributed by atoms with van der Waals surface area (Å²) in [6.45, 7) is -0.443. The molecular formula is C23H20FN3O5S. The number of aliphatic hydroxyl groups excluding tert-OH is 1. The molecule has 8 nitrogen and oxygen atoms in total. The Labute approximate surface area is 192 Å². The lowest BCUT2D eigenvalue weighted by Crippen LogP contribution is -2.37. The number of ether oxygens (including phenoxy) is 1. The molecule has 2 N–H and O–H groups in total. The minimum atomic E-state index is -1.76. The predicted octanol–water partition coefficient (Wildman–Crippen LogP) is 2.67. The Kier molecular flexibility index (Phi) is 6.85. The summed E-state index contributed by atoms with van der Waals surface area (Å²) in [4.78, 5) is 41.1. The Bertz CT molecular complexity index is 1190. The van der Waals surface area contributed by atoms with Crippen molar-refractivity contribution in [2.75, 3.05) is 11.9 Å². The number of thioether (sulfide) groups is 1. The van der Waals surface area contributed by atoms with Gasteiger partial charge in [0.15, 0.2) is 12.3 Å². The maximum atomic E-state index is 15.3. The number of amides is 1. The Hall–Kier alpha value is -3.50. The molecule has 0 saturated carbocycles. The van der Waals surface area contributed by atoms with Gasteiger partial charge >= 0.3 is 11.7 Å². The van der Waals surface area contributed by atoms with E-state index in [0.717, 1.165) is 16.3 Å². The first-order valence-electron chi connectivity index (χ1n) is 10.1. The molecule has 1 aromatic heterocycles. The van der Waals surface area contributed by atoms with E-state index < -0.39 is 47.1 Å². The van der Waals surface area contributed by atoms with E-state index in [1.54, 1.807) is 60.7 Å². The maximum Gasteiger partial charge on any atom is 0.350 e. The molecule has 1 aliphatic rings. The summed E-state index contributed by atoms with van der Waals surface area (Å²) in [5, 5.41) is 10.4. The summed E-state index contributed by atoms with van der Waals surface area (Å²) < 4.78 is 21.7. The molecule has 0 bridgehead atoms. The third-order valence-electron chi connectivity index (χ3n) is 5.08. The first-order chi connectivity index (χ1) is 16.0. The smallest absolute Gasteiger partial charge is 0.350 e. The quantitative estimate of drug-likeness (QED) is 0.534. The van der Waals surface area contributed by atoms with E-state index in [4.69, 9.17) is 4.74 Å². The number of benzene rings is 2. The van der Waals surface area contributed by atoms with Crippen molar-refractivity contribution in [3.8, 4) is 0 Å². The fraction of sp³-hybridized carbons (Fsp3) is 0.217. The van der Waals surface area contributed by atoms with E-state index in [2.05, 4.69) is 10.3 Å². The van der Waals surface area contributed by atoms with Gasteiger partial charge in [-0.1, -0.05) is 36.4 Å². The molecule has 0 spiro atoms. The zero-order valence-electron chi connectivity index (χ0n) is 17.2. The number of esters is 1. The van der Waals surface area contributed by atoms with E-state index >= 15 is 4.39 Å². The van der Waals surface area contributed by atoms with Gasteiger partial charge in [-0.05, 0) is 30.3 Å². The average molecular weight is 469 g/mol. The highest BCUT2D eigenvalue weighted by molar-refractivity contribution is 8.00. The summed E-state index contributed by atoms with van der Waals surface area (Å²) >= 11 is 0.981. The Morgan fingerprint density at radius 1 is 1.06 bits per heavy atom. The van der Waals surface area contributed by atoms with Crippen molar-refractivity contribution in [2.24, 2.45) is 0 Å². The number of alkyl halides is 1. The minimum absolute atomic E-state index is 0.0225. The number of hydrogen-bond donors (Lipinski definition) is 2. The highest BCUT2D eigenvalue weighted by Crippen LogP contribution is 2.44. The number of nitrogens with zero attached hydrogens (tertiary/aromatic N) is 2. The van der Waals surface area contributed by atoms with Gasteiger partial charge in [-0.15, -0.1) is 11.8 Å². The molecule has 10 heteroatoms. The second-order valence-electron chi connectivity index (χ2n) is 7.25. The third-order valence-corrected chi connectivity index (χ3v) is 6.61. The molecule has 0 aliphatic carbocycles. The lowest BCUT2D eigenvalue weighted by molar-refractivity contribution is 0.00203. The topological polar surface area (TPSA) is 111 Å². The highest BCUT2D eigenvalue weighted by atomic mass is 32.2. The van der Waals surface area contributed by atoms with Gasteiger partial charge in [-0.25, -0.2) is 14.0 Å². The zero-order chi connectivity index (χ0) is 23.4. The summed E-state index contributed by atoms with van der Waals surface area (Å²) in [5.41, 5.74) is -0.132. The van der Waals surface area contributed by atoms with E-state index in [-0.39, 0.29) is 11.4 Å². The van der Waals surface area contributed by atoms with Crippen LogP contribution in [0.2, 0.25) is 0 Å². The molecule has 1 saturated heterocycles. The summed E-state index contributed by atoms with van der Waals surface area (Å²) in [6.07, 6.45) is -1.69. The van der Waals surface area contributed by atoms with Crippen LogP contribution in [0.3, 0.4) is 0 Å². The number of halogens is 1. The van der Waals surface area contributed by atoms with Crippen molar-refractivity contribution in [2.45, 2.75) is 22.9 Å². The molecule has 2 aromatic carbocycles. The first-order valence-corrected chi connectivity index (χ1v) is 11.0. The van der Waals surface area contributed by atoms with Gasteiger partial charge in [0.25, 0.3) is 5.91 Å². The van der Waals surface area contributed by atoms with Gasteiger partial charge < -0.3 is 15.2 Å². The van der Waals surface area contributed by atoms with Gasteiger partial charge in [0.1, 0.15) is 11.2 Å². The number of rotatable bonds is 6. The van der Waals surface area contributed by atoms with Crippen molar-refractivity contribution in [1.29, 1.82) is 0 Å². The van der Waals surface area contributed by atoms with Gasteiger partial charge in [0.2, 0.25) is 0 Å². The molecule has 4 rings (SSSR count). The number of anilines is 1. The molecule has 1 amide bonds.